The van der Waals surface area contributed by atoms with Gasteiger partial charge in [-0.25, -0.2) is 4.39 Å². The van der Waals surface area contributed by atoms with Gasteiger partial charge < -0.3 is 4.90 Å². The number of carbonyl (C=O) groups is 1. The molecule has 1 saturated heterocycles. The highest BCUT2D eigenvalue weighted by Gasteiger charge is 2.31. The van der Waals surface area contributed by atoms with E-state index in [9.17, 15) is 9.18 Å². The quantitative estimate of drug-likeness (QED) is 0.570. The lowest BCUT2D eigenvalue weighted by Crippen LogP contribution is -2.27. The molecule has 1 amide bonds. The van der Waals surface area contributed by atoms with Crippen LogP contribution >= 0.6 is 39.1 Å². The van der Waals surface area contributed by atoms with Gasteiger partial charge in [0, 0.05) is 12.2 Å². The van der Waals surface area contributed by atoms with Crippen molar-refractivity contribution in [2.75, 3.05) is 11.4 Å². The van der Waals surface area contributed by atoms with Crippen LogP contribution in [-0.4, -0.2) is 17.3 Å². The van der Waals surface area contributed by atoms with E-state index < -0.39 is 5.82 Å². The molecule has 0 saturated carbocycles. The number of carbonyl (C=O) groups excluding carboxylic acids is 1. The first-order valence-corrected chi connectivity index (χ1v) is 6.28. The van der Waals surface area contributed by atoms with Crippen molar-refractivity contribution in [3.63, 3.8) is 0 Å². The first kappa shape index (κ1) is 12.1. The SMILES string of the molecule is O=C1C(Br)CCN1c1cc(Cl)c(F)c(Cl)c1. The first-order valence-electron chi connectivity index (χ1n) is 4.60. The van der Waals surface area contributed by atoms with E-state index in [0.29, 0.717) is 18.7 Å². The molecule has 2 rings (SSSR count). The normalized spacial score (nSPS) is 20.6. The Morgan fingerprint density at radius 1 is 1.38 bits per heavy atom. The molecule has 1 aromatic rings. The number of halogens is 4. The van der Waals surface area contributed by atoms with Gasteiger partial charge in [-0.2, -0.15) is 0 Å². The fraction of sp³-hybridized carbons (Fsp3) is 0.300. The molecule has 6 heteroatoms. The van der Waals surface area contributed by atoms with Gasteiger partial charge in [-0.3, -0.25) is 4.79 Å². The molecule has 0 aliphatic carbocycles. The van der Waals surface area contributed by atoms with Crippen molar-refractivity contribution in [1.82, 2.24) is 0 Å². The van der Waals surface area contributed by atoms with Crippen LogP contribution in [0.1, 0.15) is 6.42 Å². The van der Waals surface area contributed by atoms with Crippen LogP contribution in [0.25, 0.3) is 0 Å². The van der Waals surface area contributed by atoms with Crippen LogP contribution in [0.5, 0.6) is 0 Å². The molecule has 86 valence electrons. The number of alkyl halides is 1. The standard InChI is InChI=1S/C10H7BrCl2FNO/c11-6-1-2-15(10(6)16)5-3-7(12)9(14)8(13)4-5/h3-4,6H,1-2H2. The Morgan fingerprint density at radius 2 is 1.94 bits per heavy atom. The van der Waals surface area contributed by atoms with Gasteiger partial charge in [0.15, 0.2) is 5.82 Å². The van der Waals surface area contributed by atoms with E-state index in [1.807, 2.05) is 0 Å². The Hall–Kier alpha value is -0.320. The smallest absolute Gasteiger partial charge is 0.240 e. The zero-order valence-electron chi connectivity index (χ0n) is 8.01. The second-order valence-electron chi connectivity index (χ2n) is 3.47. The summed E-state index contributed by atoms with van der Waals surface area (Å²) in [5.74, 6) is -0.715. The number of benzene rings is 1. The predicted molar refractivity (Wildman–Crippen MR) is 66.1 cm³/mol. The van der Waals surface area contributed by atoms with Gasteiger partial charge in [0.1, 0.15) is 0 Å². The fourth-order valence-corrected chi connectivity index (χ4v) is 2.53. The lowest BCUT2D eigenvalue weighted by Gasteiger charge is -2.16. The molecule has 16 heavy (non-hydrogen) atoms. The number of rotatable bonds is 1. The molecular formula is C10H7BrCl2FNO. The van der Waals surface area contributed by atoms with Gasteiger partial charge in [0.05, 0.1) is 14.9 Å². The maximum Gasteiger partial charge on any atom is 0.240 e. The van der Waals surface area contributed by atoms with Gasteiger partial charge in [-0.05, 0) is 18.6 Å². The summed E-state index contributed by atoms with van der Waals surface area (Å²) in [6.45, 7) is 0.576. The van der Waals surface area contributed by atoms with E-state index in [-0.39, 0.29) is 20.8 Å². The largest absolute Gasteiger partial charge is 0.311 e. The Kier molecular flexibility index (Phi) is 3.42. The highest BCUT2D eigenvalue weighted by Crippen LogP contribution is 2.32. The summed E-state index contributed by atoms with van der Waals surface area (Å²) in [5.41, 5.74) is 0.531. The third-order valence-corrected chi connectivity index (χ3v) is 3.82. The van der Waals surface area contributed by atoms with E-state index >= 15 is 0 Å². The molecular weight excluding hydrogens is 320 g/mol. The van der Waals surface area contributed by atoms with Crippen LogP contribution < -0.4 is 4.90 Å². The molecule has 1 atom stereocenters. The number of anilines is 1. The summed E-state index contributed by atoms with van der Waals surface area (Å²) < 4.78 is 13.2. The number of nitrogens with zero attached hydrogens (tertiary/aromatic N) is 1. The minimum absolute atomic E-state index is 0.0567. The Morgan fingerprint density at radius 3 is 2.38 bits per heavy atom. The van der Waals surface area contributed by atoms with Crippen LogP contribution in [0.4, 0.5) is 10.1 Å². The average molecular weight is 327 g/mol. The molecule has 0 aromatic heterocycles. The van der Waals surface area contributed by atoms with Crippen molar-refractivity contribution in [3.05, 3.63) is 28.0 Å². The van der Waals surface area contributed by atoms with Crippen LogP contribution in [0.2, 0.25) is 10.0 Å². The number of hydrogen-bond donors (Lipinski definition) is 0. The summed E-state index contributed by atoms with van der Waals surface area (Å²) >= 11 is 14.6. The van der Waals surface area contributed by atoms with Crippen molar-refractivity contribution in [3.8, 4) is 0 Å². The molecule has 2 nitrogen and oxygen atoms in total. The fourth-order valence-electron chi connectivity index (χ4n) is 1.60. The number of hydrogen-bond acceptors (Lipinski definition) is 1. The highest BCUT2D eigenvalue weighted by molar-refractivity contribution is 9.10. The maximum absolute atomic E-state index is 13.2. The van der Waals surface area contributed by atoms with Crippen molar-refractivity contribution >= 4 is 50.7 Å². The van der Waals surface area contributed by atoms with Crippen molar-refractivity contribution in [2.24, 2.45) is 0 Å². The molecule has 1 aromatic carbocycles. The molecule has 1 aliphatic heterocycles. The minimum Gasteiger partial charge on any atom is -0.311 e. The highest BCUT2D eigenvalue weighted by atomic mass is 79.9. The third kappa shape index (κ3) is 2.06. The van der Waals surface area contributed by atoms with Crippen molar-refractivity contribution < 1.29 is 9.18 Å². The van der Waals surface area contributed by atoms with Gasteiger partial charge in [-0.1, -0.05) is 39.1 Å². The summed E-state index contributed by atoms with van der Waals surface area (Å²) in [6, 6.07) is 2.82. The molecule has 0 bridgehead atoms. The molecule has 0 N–H and O–H groups in total. The van der Waals surface area contributed by atoms with Gasteiger partial charge in [0.2, 0.25) is 5.91 Å². The van der Waals surface area contributed by atoms with Gasteiger partial charge in [-0.15, -0.1) is 0 Å². The van der Waals surface area contributed by atoms with Gasteiger partial charge in [0.25, 0.3) is 0 Å². The van der Waals surface area contributed by atoms with E-state index in [1.54, 1.807) is 0 Å². The lowest BCUT2D eigenvalue weighted by molar-refractivity contribution is -0.116. The van der Waals surface area contributed by atoms with Crippen molar-refractivity contribution in [1.29, 1.82) is 0 Å². The second-order valence-corrected chi connectivity index (χ2v) is 5.39. The van der Waals surface area contributed by atoms with Crippen LogP contribution in [-0.2, 0) is 4.79 Å². The zero-order chi connectivity index (χ0) is 11.9. The monoisotopic (exact) mass is 325 g/mol. The second kappa shape index (κ2) is 4.51. The average Bonchev–Trinajstić information content (AvgIpc) is 2.56. The molecule has 1 heterocycles. The molecule has 1 unspecified atom stereocenters. The summed E-state index contributed by atoms with van der Waals surface area (Å²) in [7, 11) is 0. The van der Waals surface area contributed by atoms with Crippen molar-refractivity contribution in [2.45, 2.75) is 11.2 Å². The molecule has 0 spiro atoms. The summed E-state index contributed by atoms with van der Waals surface area (Å²) in [6.07, 6.45) is 0.714. The van der Waals surface area contributed by atoms with Crippen LogP contribution in [0, 0.1) is 5.82 Å². The van der Waals surface area contributed by atoms with E-state index in [0.717, 1.165) is 0 Å². The van der Waals surface area contributed by atoms with E-state index in [1.165, 1.54) is 17.0 Å². The Bertz CT molecular complexity index is 431. The maximum atomic E-state index is 13.2. The lowest BCUT2D eigenvalue weighted by atomic mass is 10.3. The molecule has 0 radical (unpaired) electrons. The van der Waals surface area contributed by atoms with Crippen LogP contribution in [0.3, 0.4) is 0 Å². The predicted octanol–water partition coefficient (Wildman–Crippen LogP) is 3.63. The summed E-state index contributed by atoms with van der Waals surface area (Å²) in [5, 5.41) is -0.151. The molecule has 1 aliphatic rings. The molecule has 1 fully saturated rings. The topological polar surface area (TPSA) is 20.3 Å². The third-order valence-electron chi connectivity index (χ3n) is 2.42. The first-order chi connectivity index (χ1) is 7.50. The Labute approximate surface area is 110 Å². The van der Waals surface area contributed by atoms with E-state index in [4.69, 9.17) is 23.2 Å². The Balaban J connectivity index is 2.39. The number of amides is 1. The summed E-state index contributed by atoms with van der Waals surface area (Å²) in [4.78, 5) is 13.1. The zero-order valence-corrected chi connectivity index (χ0v) is 11.1. The van der Waals surface area contributed by atoms with Crippen LogP contribution in [0.15, 0.2) is 12.1 Å². The van der Waals surface area contributed by atoms with E-state index in [2.05, 4.69) is 15.9 Å². The van der Waals surface area contributed by atoms with Gasteiger partial charge >= 0.3 is 0 Å². The minimum atomic E-state index is -0.658.